The fraction of sp³-hybridized carbons (Fsp3) is 0. The Hall–Kier alpha value is -2.22. The van der Waals surface area contributed by atoms with E-state index in [-0.39, 0.29) is 0 Å². The summed E-state index contributed by atoms with van der Waals surface area (Å²) in [5.74, 6) is 0.297. The molecule has 0 amide bonds. The van der Waals surface area contributed by atoms with E-state index in [1.165, 1.54) is 0 Å². The first kappa shape index (κ1) is 9.04. The zero-order valence-electron chi connectivity index (χ0n) is 8.55. The molecule has 1 N–H and O–H groups in total. The molecule has 0 unspecified atom stereocenters. The Morgan fingerprint density at radius 3 is 2.69 bits per heavy atom. The highest BCUT2D eigenvalue weighted by Crippen LogP contribution is 2.30. The van der Waals surface area contributed by atoms with Crippen LogP contribution >= 0.6 is 0 Å². The Labute approximate surface area is 92.8 Å². The van der Waals surface area contributed by atoms with E-state index in [9.17, 15) is 5.11 Å². The molecule has 0 fully saturated rings. The number of hydrogen-bond acceptors (Lipinski definition) is 2. The number of phenols is 1. The minimum Gasteiger partial charge on any atom is -0.507 e. The van der Waals surface area contributed by atoms with Gasteiger partial charge < -0.3 is 9.52 Å². The predicted octanol–water partition coefficient (Wildman–Crippen LogP) is 3.81. The van der Waals surface area contributed by atoms with Crippen molar-refractivity contribution in [3.05, 3.63) is 54.8 Å². The molecular weight excluding hydrogens is 200 g/mol. The molecule has 0 saturated heterocycles. The lowest BCUT2D eigenvalue weighted by Gasteiger charge is -2.03. The Morgan fingerprint density at radius 2 is 1.81 bits per heavy atom. The minimum absolute atomic E-state index is 0.297. The van der Waals surface area contributed by atoms with Crippen LogP contribution in [-0.2, 0) is 0 Å². The van der Waals surface area contributed by atoms with Gasteiger partial charge in [-0.3, -0.25) is 0 Å². The lowest BCUT2D eigenvalue weighted by atomic mass is 10.0. The summed E-state index contributed by atoms with van der Waals surface area (Å²) < 4.78 is 5.28. The number of aromatic hydroxyl groups is 1. The van der Waals surface area contributed by atoms with Gasteiger partial charge in [0.1, 0.15) is 11.3 Å². The van der Waals surface area contributed by atoms with Crippen LogP contribution in [0.15, 0.2) is 59.2 Å². The van der Waals surface area contributed by atoms with Crippen LogP contribution in [0.4, 0.5) is 0 Å². The normalized spacial score (nSPS) is 10.8. The molecule has 0 aliphatic carbocycles. The molecular formula is C14H10O2. The van der Waals surface area contributed by atoms with E-state index in [1.807, 2.05) is 42.5 Å². The molecule has 0 bridgehead atoms. The van der Waals surface area contributed by atoms with Crippen molar-refractivity contribution in [3.63, 3.8) is 0 Å². The molecule has 1 heterocycles. The molecule has 2 heteroatoms. The van der Waals surface area contributed by atoms with Crippen LogP contribution in [0.25, 0.3) is 22.1 Å². The quantitative estimate of drug-likeness (QED) is 0.662. The molecule has 0 aliphatic heterocycles. The van der Waals surface area contributed by atoms with Gasteiger partial charge in [-0.1, -0.05) is 24.3 Å². The second-order valence-corrected chi connectivity index (χ2v) is 3.69. The van der Waals surface area contributed by atoms with Gasteiger partial charge in [0.05, 0.1) is 6.26 Å². The van der Waals surface area contributed by atoms with Crippen molar-refractivity contribution < 1.29 is 9.52 Å². The van der Waals surface area contributed by atoms with E-state index in [0.29, 0.717) is 5.75 Å². The Morgan fingerprint density at radius 1 is 0.938 bits per heavy atom. The highest BCUT2D eigenvalue weighted by atomic mass is 16.3. The second-order valence-electron chi connectivity index (χ2n) is 3.69. The number of para-hydroxylation sites is 1. The number of benzene rings is 2. The van der Waals surface area contributed by atoms with Crippen molar-refractivity contribution in [2.45, 2.75) is 0 Å². The molecule has 3 rings (SSSR count). The molecule has 0 aliphatic rings. The van der Waals surface area contributed by atoms with Crippen LogP contribution in [0.2, 0.25) is 0 Å². The maximum absolute atomic E-state index is 9.76. The van der Waals surface area contributed by atoms with Gasteiger partial charge in [-0.05, 0) is 29.8 Å². The van der Waals surface area contributed by atoms with E-state index in [4.69, 9.17) is 4.42 Å². The summed E-state index contributed by atoms with van der Waals surface area (Å²) in [6.45, 7) is 0. The maximum Gasteiger partial charge on any atom is 0.133 e. The highest BCUT2D eigenvalue weighted by molar-refractivity contribution is 5.84. The zero-order chi connectivity index (χ0) is 11.0. The van der Waals surface area contributed by atoms with E-state index < -0.39 is 0 Å². The van der Waals surface area contributed by atoms with Gasteiger partial charge in [-0.15, -0.1) is 0 Å². The maximum atomic E-state index is 9.76. The van der Waals surface area contributed by atoms with Crippen LogP contribution in [0, 0.1) is 0 Å². The van der Waals surface area contributed by atoms with Crippen LogP contribution in [0.1, 0.15) is 0 Å². The van der Waals surface area contributed by atoms with Crippen LogP contribution in [-0.4, -0.2) is 5.11 Å². The van der Waals surface area contributed by atoms with Gasteiger partial charge >= 0.3 is 0 Å². The summed E-state index contributed by atoms with van der Waals surface area (Å²) >= 11 is 0. The monoisotopic (exact) mass is 210 g/mol. The molecule has 0 radical (unpaired) electrons. The minimum atomic E-state index is 0.297. The first-order valence-electron chi connectivity index (χ1n) is 5.10. The van der Waals surface area contributed by atoms with Crippen molar-refractivity contribution in [3.8, 4) is 16.9 Å². The summed E-state index contributed by atoms with van der Waals surface area (Å²) in [5.41, 5.74) is 2.69. The van der Waals surface area contributed by atoms with Crippen molar-refractivity contribution in [2.75, 3.05) is 0 Å². The number of hydrogen-bond donors (Lipinski definition) is 1. The zero-order valence-corrected chi connectivity index (χ0v) is 8.55. The molecule has 0 spiro atoms. The fourth-order valence-electron chi connectivity index (χ4n) is 1.85. The smallest absolute Gasteiger partial charge is 0.133 e. The molecule has 0 atom stereocenters. The highest BCUT2D eigenvalue weighted by Gasteiger charge is 2.04. The third-order valence-corrected chi connectivity index (χ3v) is 2.67. The first-order valence-corrected chi connectivity index (χ1v) is 5.10. The Kier molecular flexibility index (Phi) is 1.93. The molecule has 78 valence electrons. The van der Waals surface area contributed by atoms with Gasteiger partial charge in [-0.25, -0.2) is 0 Å². The largest absolute Gasteiger partial charge is 0.507 e. The van der Waals surface area contributed by atoms with Crippen LogP contribution in [0.5, 0.6) is 5.75 Å². The summed E-state index contributed by atoms with van der Waals surface area (Å²) in [6.07, 6.45) is 1.67. The molecule has 0 saturated carbocycles. The van der Waals surface area contributed by atoms with E-state index >= 15 is 0 Å². The van der Waals surface area contributed by atoms with Gasteiger partial charge in [-0.2, -0.15) is 0 Å². The molecule has 2 nitrogen and oxygen atoms in total. The van der Waals surface area contributed by atoms with Gasteiger partial charge in [0.15, 0.2) is 0 Å². The number of phenolic OH excluding ortho intramolecular Hbond substituents is 1. The average molecular weight is 210 g/mol. The lowest BCUT2D eigenvalue weighted by molar-refractivity contribution is 0.477. The first-order chi connectivity index (χ1) is 7.84. The molecule has 2 aromatic carbocycles. The standard InChI is InChI=1S/C14H10O2/c15-13-4-2-1-3-12(13)10-5-6-14-11(9-10)7-8-16-14/h1-9,15H. The molecule has 16 heavy (non-hydrogen) atoms. The van der Waals surface area contributed by atoms with Gasteiger partial charge in [0.2, 0.25) is 0 Å². The van der Waals surface area contributed by atoms with Crippen molar-refractivity contribution in [1.82, 2.24) is 0 Å². The topological polar surface area (TPSA) is 33.4 Å². The summed E-state index contributed by atoms with van der Waals surface area (Å²) in [5, 5.41) is 10.8. The lowest BCUT2D eigenvalue weighted by Crippen LogP contribution is -1.78. The van der Waals surface area contributed by atoms with E-state index in [1.54, 1.807) is 12.3 Å². The SMILES string of the molecule is Oc1ccccc1-c1ccc2occc2c1. The van der Waals surface area contributed by atoms with Crippen molar-refractivity contribution >= 4 is 11.0 Å². The summed E-state index contributed by atoms with van der Waals surface area (Å²) in [4.78, 5) is 0. The van der Waals surface area contributed by atoms with E-state index in [0.717, 1.165) is 22.1 Å². The van der Waals surface area contributed by atoms with Gasteiger partial charge in [0, 0.05) is 10.9 Å². The fourth-order valence-corrected chi connectivity index (χ4v) is 1.85. The van der Waals surface area contributed by atoms with Gasteiger partial charge in [0.25, 0.3) is 0 Å². The Balaban J connectivity index is 2.22. The number of fused-ring (bicyclic) bond motifs is 1. The van der Waals surface area contributed by atoms with Crippen molar-refractivity contribution in [2.24, 2.45) is 0 Å². The Bertz CT molecular complexity index is 638. The average Bonchev–Trinajstić information content (AvgIpc) is 2.76. The molecule has 1 aromatic heterocycles. The second kappa shape index (κ2) is 3.42. The number of furan rings is 1. The number of rotatable bonds is 1. The third-order valence-electron chi connectivity index (χ3n) is 2.67. The van der Waals surface area contributed by atoms with Crippen LogP contribution < -0.4 is 0 Å². The van der Waals surface area contributed by atoms with E-state index in [2.05, 4.69) is 0 Å². The summed E-state index contributed by atoms with van der Waals surface area (Å²) in [7, 11) is 0. The predicted molar refractivity (Wildman–Crippen MR) is 63.3 cm³/mol. The van der Waals surface area contributed by atoms with Crippen LogP contribution in [0.3, 0.4) is 0 Å². The van der Waals surface area contributed by atoms with Crippen molar-refractivity contribution in [1.29, 1.82) is 0 Å². The molecule has 3 aromatic rings. The summed E-state index contributed by atoms with van der Waals surface area (Å²) in [6, 6.07) is 15.1. The third kappa shape index (κ3) is 1.36.